The second-order valence-electron chi connectivity index (χ2n) is 8.14. The van der Waals surface area contributed by atoms with Crippen LogP contribution < -0.4 is 0 Å². The van der Waals surface area contributed by atoms with Crippen LogP contribution >= 0.6 is 11.8 Å². The first kappa shape index (κ1) is 23.7. The smallest absolute Gasteiger partial charge is 0.340 e. The molecule has 8 nitrogen and oxygen atoms in total. The fourth-order valence-corrected chi connectivity index (χ4v) is 4.88. The third-order valence-electron chi connectivity index (χ3n) is 5.91. The van der Waals surface area contributed by atoms with Gasteiger partial charge in [-0.3, -0.25) is 0 Å². The molecule has 0 spiro atoms. The molecule has 5 aromatic rings. The first-order valence-electron chi connectivity index (χ1n) is 11.8. The van der Waals surface area contributed by atoms with Gasteiger partial charge in [0.25, 0.3) is 0 Å². The van der Waals surface area contributed by atoms with Crippen molar-refractivity contribution >= 4 is 28.8 Å². The van der Waals surface area contributed by atoms with Gasteiger partial charge in [0.1, 0.15) is 5.82 Å². The highest BCUT2D eigenvalue weighted by Crippen LogP contribution is 2.30. The van der Waals surface area contributed by atoms with Crippen molar-refractivity contribution in [2.24, 2.45) is 0 Å². The number of tetrazole rings is 1. The number of nitrogens with one attached hydrogen (secondary N) is 1. The Morgan fingerprint density at radius 1 is 1.00 bits per heavy atom. The summed E-state index contributed by atoms with van der Waals surface area (Å²) in [5, 5.41) is 14.3. The molecule has 0 saturated carbocycles. The van der Waals surface area contributed by atoms with Gasteiger partial charge >= 0.3 is 5.97 Å². The Kier molecular flexibility index (Phi) is 7.08. The highest BCUT2D eigenvalue weighted by molar-refractivity contribution is 7.98. The van der Waals surface area contributed by atoms with Crippen LogP contribution in [0.15, 0.2) is 66.7 Å². The third-order valence-corrected chi connectivity index (χ3v) is 6.78. The summed E-state index contributed by atoms with van der Waals surface area (Å²) in [4.78, 5) is 17.6. The van der Waals surface area contributed by atoms with E-state index in [1.54, 1.807) is 0 Å². The summed E-state index contributed by atoms with van der Waals surface area (Å²) >= 11 is 1.81. The Labute approximate surface area is 213 Å². The molecule has 5 rings (SSSR count). The lowest BCUT2D eigenvalue weighted by Crippen LogP contribution is -2.10. The van der Waals surface area contributed by atoms with Crippen LogP contribution in [0.25, 0.3) is 33.5 Å². The quantitative estimate of drug-likeness (QED) is 0.273. The van der Waals surface area contributed by atoms with Crippen molar-refractivity contribution in [2.45, 2.75) is 26.1 Å². The number of nitrogens with zero attached hydrogens (tertiary/aromatic N) is 5. The monoisotopic (exact) mass is 498 g/mol. The number of H-pyrrole nitrogens is 1. The molecule has 182 valence electrons. The number of hydrogen-bond donors (Lipinski definition) is 1. The molecule has 0 saturated heterocycles. The molecule has 9 heteroatoms. The predicted molar refractivity (Wildman–Crippen MR) is 142 cm³/mol. The summed E-state index contributed by atoms with van der Waals surface area (Å²) < 4.78 is 7.48. The van der Waals surface area contributed by atoms with Gasteiger partial charge in [-0.25, -0.2) is 14.9 Å². The highest BCUT2D eigenvalue weighted by Gasteiger charge is 2.19. The Bertz CT molecular complexity index is 1480. The largest absolute Gasteiger partial charge is 0.462 e. The van der Waals surface area contributed by atoms with Crippen LogP contribution in [0.1, 0.15) is 35.6 Å². The Morgan fingerprint density at radius 2 is 1.81 bits per heavy atom. The van der Waals surface area contributed by atoms with E-state index in [-0.39, 0.29) is 5.97 Å². The highest BCUT2D eigenvalue weighted by atomic mass is 32.2. The van der Waals surface area contributed by atoms with Gasteiger partial charge in [-0.1, -0.05) is 61.5 Å². The minimum atomic E-state index is -0.326. The van der Waals surface area contributed by atoms with E-state index in [0.29, 0.717) is 24.5 Å². The minimum absolute atomic E-state index is 0.326. The zero-order valence-electron chi connectivity index (χ0n) is 20.1. The van der Waals surface area contributed by atoms with E-state index in [4.69, 9.17) is 9.72 Å². The number of carbonyl (C=O) groups excluding carboxylic acids is 1. The summed E-state index contributed by atoms with van der Waals surface area (Å²) in [5.74, 6) is 3.00. The number of imidazole rings is 1. The van der Waals surface area contributed by atoms with E-state index in [1.807, 2.05) is 55.1 Å². The maximum Gasteiger partial charge on any atom is 0.340 e. The lowest BCUT2D eigenvalue weighted by Gasteiger charge is -2.13. The van der Waals surface area contributed by atoms with Crippen molar-refractivity contribution in [3.8, 4) is 22.5 Å². The molecule has 0 aliphatic carbocycles. The van der Waals surface area contributed by atoms with Crippen molar-refractivity contribution in [1.29, 1.82) is 0 Å². The molecule has 2 heterocycles. The second kappa shape index (κ2) is 10.7. The SMILES string of the molecule is CCOC(=O)c1cccc2nc(CSCC)n(Cc3ccc(-c4ccccc4-c4nnn[nH]4)cc3)c12. The number of rotatable bonds is 9. The molecule has 0 amide bonds. The summed E-state index contributed by atoms with van der Waals surface area (Å²) in [5.41, 5.74) is 6.32. The van der Waals surface area contributed by atoms with Crippen LogP contribution in [0.3, 0.4) is 0 Å². The maximum atomic E-state index is 12.7. The van der Waals surface area contributed by atoms with Gasteiger partial charge in [0.15, 0.2) is 5.82 Å². The van der Waals surface area contributed by atoms with Gasteiger partial charge < -0.3 is 9.30 Å². The van der Waals surface area contributed by atoms with Crippen LogP contribution in [-0.4, -0.2) is 48.5 Å². The van der Waals surface area contributed by atoms with Gasteiger partial charge in [0.05, 0.1) is 29.0 Å². The van der Waals surface area contributed by atoms with E-state index in [1.165, 1.54) is 0 Å². The molecule has 0 atom stereocenters. The first-order chi connectivity index (χ1) is 17.7. The van der Waals surface area contributed by atoms with E-state index in [9.17, 15) is 4.79 Å². The number of aromatic amines is 1. The van der Waals surface area contributed by atoms with Gasteiger partial charge in [-0.05, 0) is 51.9 Å². The van der Waals surface area contributed by atoms with E-state index < -0.39 is 0 Å². The van der Waals surface area contributed by atoms with Crippen molar-refractivity contribution < 1.29 is 9.53 Å². The molecule has 36 heavy (non-hydrogen) atoms. The Morgan fingerprint density at radius 3 is 2.53 bits per heavy atom. The molecule has 1 N–H and O–H groups in total. The third kappa shape index (κ3) is 4.74. The zero-order chi connectivity index (χ0) is 24.9. The normalized spacial score (nSPS) is 11.2. The Hall–Kier alpha value is -3.98. The fraction of sp³-hybridized carbons (Fsp3) is 0.222. The summed E-state index contributed by atoms with van der Waals surface area (Å²) in [6.45, 7) is 4.87. The summed E-state index contributed by atoms with van der Waals surface area (Å²) in [7, 11) is 0. The number of thioether (sulfide) groups is 1. The van der Waals surface area contributed by atoms with Gasteiger partial charge in [0.2, 0.25) is 0 Å². The van der Waals surface area contributed by atoms with Crippen molar-refractivity contribution in [2.75, 3.05) is 12.4 Å². The molecule has 0 aliphatic heterocycles. The number of carbonyl (C=O) groups is 1. The van der Waals surface area contributed by atoms with Crippen molar-refractivity contribution in [3.63, 3.8) is 0 Å². The number of esters is 1. The molecular formula is C27H26N6O2S. The zero-order valence-corrected chi connectivity index (χ0v) is 21.0. The summed E-state index contributed by atoms with van der Waals surface area (Å²) in [6.07, 6.45) is 0. The van der Waals surface area contributed by atoms with E-state index in [2.05, 4.69) is 62.4 Å². The van der Waals surface area contributed by atoms with Crippen molar-refractivity contribution in [3.05, 3.63) is 83.7 Å². The van der Waals surface area contributed by atoms with Crippen LogP contribution in [0.4, 0.5) is 0 Å². The molecule has 3 aromatic carbocycles. The molecular weight excluding hydrogens is 472 g/mol. The summed E-state index contributed by atoms with van der Waals surface area (Å²) in [6, 6.07) is 22.1. The van der Waals surface area contributed by atoms with E-state index in [0.717, 1.165) is 50.6 Å². The number of aromatic nitrogens is 6. The minimum Gasteiger partial charge on any atom is -0.462 e. The van der Waals surface area contributed by atoms with Gasteiger partial charge in [-0.2, -0.15) is 11.8 Å². The number of fused-ring (bicyclic) bond motifs is 1. The maximum absolute atomic E-state index is 12.7. The number of ether oxygens (including phenoxy) is 1. The average Bonchev–Trinajstić information content (AvgIpc) is 3.57. The molecule has 0 unspecified atom stereocenters. The fourth-order valence-electron chi connectivity index (χ4n) is 4.27. The second-order valence-corrected chi connectivity index (χ2v) is 9.41. The first-order valence-corrected chi connectivity index (χ1v) is 13.0. The van der Waals surface area contributed by atoms with E-state index >= 15 is 0 Å². The molecule has 0 aliphatic rings. The number of para-hydroxylation sites is 1. The van der Waals surface area contributed by atoms with Crippen LogP contribution in [0, 0.1) is 0 Å². The predicted octanol–water partition coefficient (Wildman–Crippen LogP) is 5.36. The lowest BCUT2D eigenvalue weighted by atomic mass is 9.98. The number of hydrogen-bond acceptors (Lipinski definition) is 7. The lowest BCUT2D eigenvalue weighted by molar-refractivity contribution is 0.0528. The topological polar surface area (TPSA) is 98.6 Å². The standard InChI is InChI=1S/C27H26N6O2S/c1-3-35-27(34)22-10-7-11-23-25(22)33(24(28-23)17-36-4-2)16-18-12-14-19(15-13-18)20-8-5-6-9-21(20)26-29-31-32-30-26/h5-15H,3-4,16-17H2,1-2H3,(H,29,30,31,32). The molecule has 2 aromatic heterocycles. The van der Waals surface area contributed by atoms with Gasteiger partial charge in [-0.15, -0.1) is 5.10 Å². The Balaban J connectivity index is 1.52. The van der Waals surface area contributed by atoms with Crippen LogP contribution in [0.2, 0.25) is 0 Å². The average molecular weight is 499 g/mol. The number of benzene rings is 3. The molecule has 0 bridgehead atoms. The van der Waals surface area contributed by atoms with Crippen LogP contribution in [0.5, 0.6) is 0 Å². The molecule has 0 fully saturated rings. The molecule has 0 radical (unpaired) electrons. The van der Waals surface area contributed by atoms with Crippen molar-refractivity contribution in [1.82, 2.24) is 30.2 Å². The van der Waals surface area contributed by atoms with Gasteiger partial charge in [0, 0.05) is 12.1 Å². The van der Waals surface area contributed by atoms with Crippen LogP contribution in [-0.2, 0) is 17.0 Å².